The molecule has 1 aliphatic rings. The molecule has 7 heteroatoms. The summed E-state index contributed by atoms with van der Waals surface area (Å²) in [6, 6.07) is 5.14. The van der Waals surface area contributed by atoms with Crippen molar-refractivity contribution in [3.05, 3.63) is 29.8 Å². The summed E-state index contributed by atoms with van der Waals surface area (Å²) in [5, 5.41) is 12.0. The molecule has 1 aromatic carbocycles. The van der Waals surface area contributed by atoms with Crippen LogP contribution in [-0.4, -0.2) is 29.1 Å². The zero-order valence-electron chi connectivity index (χ0n) is 11.9. The highest BCUT2D eigenvalue weighted by atomic mass is 19.3. The van der Waals surface area contributed by atoms with Crippen LogP contribution in [0.3, 0.4) is 0 Å². The van der Waals surface area contributed by atoms with Gasteiger partial charge in [-0.1, -0.05) is 19.3 Å². The first-order chi connectivity index (χ1) is 10.4. The van der Waals surface area contributed by atoms with Crippen LogP contribution in [0.5, 0.6) is 5.75 Å². The van der Waals surface area contributed by atoms with Crippen LogP contribution in [0.2, 0.25) is 0 Å². The van der Waals surface area contributed by atoms with Gasteiger partial charge in [0, 0.05) is 5.56 Å². The number of hydrogen-bond donors (Lipinski definition) is 2. The van der Waals surface area contributed by atoms with Gasteiger partial charge >= 0.3 is 12.6 Å². The van der Waals surface area contributed by atoms with E-state index in [0.29, 0.717) is 12.8 Å². The van der Waals surface area contributed by atoms with Crippen LogP contribution < -0.4 is 10.1 Å². The molecule has 22 heavy (non-hydrogen) atoms. The lowest BCUT2D eigenvalue weighted by molar-refractivity contribution is -0.145. The maximum atomic E-state index is 12.2. The number of amides is 1. The van der Waals surface area contributed by atoms with Crippen molar-refractivity contribution in [1.29, 1.82) is 0 Å². The highest BCUT2D eigenvalue weighted by Crippen LogP contribution is 2.29. The summed E-state index contributed by atoms with van der Waals surface area (Å²) in [5.41, 5.74) is -1.04. The Bertz CT molecular complexity index is 539. The van der Waals surface area contributed by atoms with Gasteiger partial charge in [-0.05, 0) is 37.1 Å². The van der Waals surface area contributed by atoms with Crippen LogP contribution >= 0.6 is 0 Å². The van der Waals surface area contributed by atoms with E-state index in [9.17, 15) is 23.5 Å². The summed E-state index contributed by atoms with van der Waals surface area (Å²) in [6.45, 7) is -2.93. The first-order valence-corrected chi connectivity index (χ1v) is 7.04. The molecule has 0 spiro atoms. The van der Waals surface area contributed by atoms with Gasteiger partial charge in [0.15, 0.2) is 0 Å². The molecule has 5 nitrogen and oxygen atoms in total. The van der Waals surface area contributed by atoms with Crippen molar-refractivity contribution in [3.8, 4) is 5.75 Å². The summed E-state index contributed by atoms with van der Waals surface area (Å²) in [7, 11) is 0. The Hall–Kier alpha value is -2.18. The van der Waals surface area contributed by atoms with E-state index in [1.54, 1.807) is 0 Å². The predicted octanol–water partition coefficient (Wildman–Crippen LogP) is 2.81. The molecule has 0 saturated heterocycles. The molecule has 2 N–H and O–H groups in total. The van der Waals surface area contributed by atoms with Gasteiger partial charge in [0.1, 0.15) is 11.3 Å². The smallest absolute Gasteiger partial charge is 0.387 e. The van der Waals surface area contributed by atoms with E-state index in [2.05, 4.69) is 10.1 Å². The Morgan fingerprint density at radius 3 is 2.23 bits per heavy atom. The fraction of sp³-hybridized carbons (Fsp3) is 0.467. The van der Waals surface area contributed by atoms with Crippen LogP contribution in [-0.2, 0) is 4.79 Å². The van der Waals surface area contributed by atoms with Gasteiger partial charge in [0.2, 0.25) is 0 Å². The number of hydrogen-bond acceptors (Lipinski definition) is 3. The quantitative estimate of drug-likeness (QED) is 0.876. The molecule has 0 aromatic heterocycles. The van der Waals surface area contributed by atoms with E-state index in [1.165, 1.54) is 24.3 Å². The number of carboxylic acids is 1. The second kappa shape index (κ2) is 6.72. The van der Waals surface area contributed by atoms with Crippen LogP contribution in [0.4, 0.5) is 8.78 Å². The van der Waals surface area contributed by atoms with E-state index in [4.69, 9.17) is 0 Å². The summed E-state index contributed by atoms with van der Waals surface area (Å²) in [4.78, 5) is 23.7. The molecule has 1 amide bonds. The van der Waals surface area contributed by atoms with Crippen LogP contribution in [0, 0.1) is 0 Å². The van der Waals surface area contributed by atoms with Gasteiger partial charge in [0.05, 0.1) is 0 Å². The minimum absolute atomic E-state index is 0.0582. The number of nitrogens with one attached hydrogen (secondary N) is 1. The van der Waals surface area contributed by atoms with Crippen molar-refractivity contribution in [3.63, 3.8) is 0 Å². The van der Waals surface area contributed by atoms with Gasteiger partial charge in [-0.2, -0.15) is 8.78 Å². The van der Waals surface area contributed by atoms with E-state index in [-0.39, 0.29) is 11.3 Å². The summed E-state index contributed by atoms with van der Waals surface area (Å²) in [5.74, 6) is -1.64. The van der Waals surface area contributed by atoms with Gasteiger partial charge in [-0.15, -0.1) is 0 Å². The number of carbonyl (C=O) groups excluding carboxylic acids is 1. The molecule has 0 radical (unpaired) electrons. The number of halogens is 2. The molecule has 0 atom stereocenters. The van der Waals surface area contributed by atoms with Crippen LogP contribution in [0.25, 0.3) is 0 Å². The Morgan fingerprint density at radius 2 is 1.73 bits per heavy atom. The maximum Gasteiger partial charge on any atom is 0.387 e. The molecule has 1 aromatic rings. The SMILES string of the molecule is O=C(NC1(C(=O)O)CCCCC1)c1ccc(OC(F)F)cc1. The van der Waals surface area contributed by atoms with Crippen molar-refractivity contribution in [2.75, 3.05) is 0 Å². The van der Waals surface area contributed by atoms with E-state index in [0.717, 1.165) is 19.3 Å². The average Bonchev–Trinajstić information content (AvgIpc) is 2.48. The maximum absolute atomic E-state index is 12.2. The largest absolute Gasteiger partial charge is 0.480 e. The lowest BCUT2D eigenvalue weighted by atomic mass is 9.81. The molecule has 120 valence electrons. The molecule has 0 heterocycles. The molecular formula is C15H17F2NO4. The first kappa shape index (κ1) is 16.2. The zero-order valence-corrected chi connectivity index (χ0v) is 11.9. The number of aliphatic carboxylic acids is 1. The first-order valence-electron chi connectivity index (χ1n) is 7.04. The van der Waals surface area contributed by atoms with Crippen molar-refractivity contribution in [1.82, 2.24) is 5.32 Å². The molecule has 1 fully saturated rings. The van der Waals surface area contributed by atoms with Crippen molar-refractivity contribution in [2.45, 2.75) is 44.3 Å². The molecular weight excluding hydrogens is 296 g/mol. The number of carboxylic acid groups (broad SMARTS) is 1. The van der Waals surface area contributed by atoms with E-state index >= 15 is 0 Å². The topological polar surface area (TPSA) is 75.6 Å². The highest BCUT2D eigenvalue weighted by molar-refractivity contribution is 5.98. The van der Waals surface area contributed by atoms with Gasteiger partial charge in [-0.3, -0.25) is 4.79 Å². The third-order valence-electron chi connectivity index (χ3n) is 3.81. The Morgan fingerprint density at radius 1 is 1.14 bits per heavy atom. The minimum atomic E-state index is -2.93. The van der Waals surface area contributed by atoms with Crippen molar-refractivity contribution < 1.29 is 28.2 Å². The van der Waals surface area contributed by atoms with Crippen molar-refractivity contribution in [2.24, 2.45) is 0 Å². The number of benzene rings is 1. The number of alkyl halides is 2. The summed E-state index contributed by atoms with van der Waals surface area (Å²) in [6.07, 6.45) is 3.22. The molecule has 0 aliphatic heterocycles. The summed E-state index contributed by atoms with van der Waals surface area (Å²) >= 11 is 0. The fourth-order valence-corrected chi connectivity index (χ4v) is 2.62. The molecule has 1 saturated carbocycles. The van der Waals surface area contributed by atoms with Gasteiger partial charge in [-0.25, -0.2) is 4.79 Å². The van der Waals surface area contributed by atoms with Gasteiger partial charge in [0.25, 0.3) is 5.91 Å². The average molecular weight is 313 g/mol. The predicted molar refractivity (Wildman–Crippen MR) is 74.0 cm³/mol. The number of ether oxygens (including phenoxy) is 1. The number of carbonyl (C=O) groups is 2. The number of rotatable bonds is 5. The molecule has 0 bridgehead atoms. The van der Waals surface area contributed by atoms with Gasteiger partial charge < -0.3 is 15.2 Å². The third kappa shape index (κ3) is 3.72. The second-order valence-electron chi connectivity index (χ2n) is 5.30. The Labute approximate surface area is 126 Å². The standard InChI is InChI=1S/C15H17F2NO4/c16-14(17)22-11-6-4-10(5-7-11)12(19)18-15(13(20)21)8-2-1-3-9-15/h4-7,14H,1-3,8-9H2,(H,18,19)(H,20,21). The zero-order chi connectivity index (χ0) is 16.2. The third-order valence-corrected chi connectivity index (χ3v) is 3.81. The Balaban J connectivity index is 2.08. The van der Waals surface area contributed by atoms with Crippen LogP contribution in [0.1, 0.15) is 42.5 Å². The van der Waals surface area contributed by atoms with E-state index < -0.39 is 24.0 Å². The summed E-state index contributed by atoms with van der Waals surface area (Å²) < 4.78 is 28.3. The van der Waals surface area contributed by atoms with Crippen LogP contribution in [0.15, 0.2) is 24.3 Å². The van der Waals surface area contributed by atoms with E-state index in [1.807, 2.05) is 0 Å². The Kier molecular flexibility index (Phi) is 4.95. The second-order valence-corrected chi connectivity index (χ2v) is 5.30. The highest BCUT2D eigenvalue weighted by Gasteiger charge is 2.41. The molecule has 0 unspecified atom stereocenters. The molecule has 2 rings (SSSR count). The lowest BCUT2D eigenvalue weighted by Gasteiger charge is -2.34. The molecule has 1 aliphatic carbocycles. The lowest BCUT2D eigenvalue weighted by Crippen LogP contribution is -2.55. The van der Waals surface area contributed by atoms with Crippen molar-refractivity contribution >= 4 is 11.9 Å². The monoisotopic (exact) mass is 313 g/mol. The fourth-order valence-electron chi connectivity index (χ4n) is 2.62. The minimum Gasteiger partial charge on any atom is -0.480 e. The normalized spacial score (nSPS) is 17.0.